The fourth-order valence-electron chi connectivity index (χ4n) is 3.21. The van der Waals surface area contributed by atoms with Gasteiger partial charge in [0.05, 0.1) is 25.6 Å². The molecule has 3 rings (SSSR count). The Morgan fingerprint density at radius 2 is 2.10 bits per heavy atom. The van der Waals surface area contributed by atoms with Crippen LogP contribution in [0, 0.1) is 0 Å². The van der Waals surface area contributed by atoms with Crippen LogP contribution in [0.2, 0.25) is 0 Å². The number of ether oxygens (including phenoxy) is 2. The van der Waals surface area contributed by atoms with E-state index in [4.69, 9.17) is 0 Å². The zero-order valence-corrected chi connectivity index (χ0v) is 15.5. The third-order valence-corrected chi connectivity index (χ3v) is 4.46. The van der Waals surface area contributed by atoms with E-state index in [9.17, 15) is 22.8 Å². The molecule has 2 N–H and O–H groups in total. The van der Waals surface area contributed by atoms with Crippen LogP contribution in [0.25, 0.3) is 0 Å². The number of aromatic amines is 1. The van der Waals surface area contributed by atoms with Crippen molar-refractivity contribution >= 4 is 12.0 Å². The molecule has 2 aromatic rings. The average molecular weight is 412 g/mol. The minimum absolute atomic E-state index is 0.0256. The van der Waals surface area contributed by atoms with E-state index in [0.717, 1.165) is 5.69 Å². The number of hydrogen-bond acceptors (Lipinski definition) is 5. The summed E-state index contributed by atoms with van der Waals surface area (Å²) in [7, 11) is 1.24. The van der Waals surface area contributed by atoms with Crippen molar-refractivity contribution in [3.63, 3.8) is 0 Å². The zero-order valence-electron chi connectivity index (χ0n) is 15.5. The third kappa shape index (κ3) is 4.79. The fourth-order valence-corrected chi connectivity index (χ4v) is 3.21. The van der Waals surface area contributed by atoms with Gasteiger partial charge in [0.15, 0.2) is 0 Å². The van der Waals surface area contributed by atoms with Crippen LogP contribution in [0.3, 0.4) is 0 Å². The number of aromatic nitrogens is 2. The SMILES string of the molecule is COC(=O)CCNC(=O)N1CCc2[nH]cnc2C1c1ccccc1OC(F)(F)F. The van der Waals surface area contributed by atoms with Gasteiger partial charge in [-0.05, 0) is 6.07 Å². The summed E-state index contributed by atoms with van der Waals surface area (Å²) >= 11 is 0. The number of nitrogens with zero attached hydrogens (tertiary/aromatic N) is 2. The van der Waals surface area contributed by atoms with Crippen molar-refractivity contribution in [3.05, 3.63) is 47.5 Å². The zero-order chi connectivity index (χ0) is 21.0. The number of fused-ring (bicyclic) bond motifs is 1. The summed E-state index contributed by atoms with van der Waals surface area (Å²) in [5.41, 5.74) is 1.33. The predicted octanol–water partition coefficient (Wildman–Crippen LogP) is 2.53. The molecule has 1 atom stereocenters. The highest BCUT2D eigenvalue weighted by atomic mass is 19.4. The number of hydrogen-bond donors (Lipinski definition) is 2. The van der Waals surface area contributed by atoms with Gasteiger partial charge in [-0.1, -0.05) is 18.2 Å². The highest BCUT2D eigenvalue weighted by Gasteiger charge is 2.38. The van der Waals surface area contributed by atoms with Gasteiger partial charge in [-0.3, -0.25) is 4.79 Å². The van der Waals surface area contributed by atoms with Crippen LogP contribution in [0.1, 0.15) is 29.4 Å². The molecule has 1 aromatic heterocycles. The first-order chi connectivity index (χ1) is 13.8. The molecule has 1 aromatic carbocycles. The monoisotopic (exact) mass is 412 g/mol. The molecule has 1 aliphatic heterocycles. The number of urea groups is 1. The Morgan fingerprint density at radius 1 is 1.34 bits per heavy atom. The van der Waals surface area contributed by atoms with Crippen molar-refractivity contribution in [3.8, 4) is 5.75 Å². The van der Waals surface area contributed by atoms with E-state index in [1.165, 1.54) is 36.5 Å². The summed E-state index contributed by atoms with van der Waals surface area (Å²) in [6.45, 7) is 0.271. The lowest BCUT2D eigenvalue weighted by Crippen LogP contribution is -2.46. The third-order valence-electron chi connectivity index (χ3n) is 4.46. The number of alkyl halides is 3. The first-order valence-electron chi connectivity index (χ1n) is 8.78. The minimum Gasteiger partial charge on any atom is -0.469 e. The number of carbonyl (C=O) groups is 2. The maximum Gasteiger partial charge on any atom is 0.573 e. The van der Waals surface area contributed by atoms with Crippen molar-refractivity contribution in [2.45, 2.75) is 25.2 Å². The number of methoxy groups -OCH3 is 1. The molecular weight excluding hydrogens is 393 g/mol. The molecule has 2 amide bonds. The number of benzene rings is 1. The quantitative estimate of drug-likeness (QED) is 0.736. The molecule has 1 unspecified atom stereocenters. The lowest BCUT2D eigenvalue weighted by Gasteiger charge is -2.35. The Labute approximate surface area is 164 Å². The van der Waals surface area contributed by atoms with E-state index < -0.39 is 30.2 Å². The van der Waals surface area contributed by atoms with Gasteiger partial charge in [0.1, 0.15) is 11.8 Å². The number of para-hydroxylation sites is 1. The fraction of sp³-hybridized carbons (Fsp3) is 0.389. The van der Waals surface area contributed by atoms with Gasteiger partial charge < -0.3 is 24.7 Å². The largest absolute Gasteiger partial charge is 0.573 e. The van der Waals surface area contributed by atoms with Gasteiger partial charge >= 0.3 is 18.4 Å². The molecule has 0 saturated heterocycles. The molecule has 1 aliphatic rings. The van der Waals surface area contributed by atoms with Gasteiger partial charge in [0.25, 0.3) is 0 Å². The van der Waals surface area contributed by atoms with Crippen molar-refractivity contribution in [1.29, 1.82) is 0 Å². The first-order valence-corrected chi connectivity index (χ1v) is 8.78. The van der Waals surface area contributed by atoms with Crippen LogP contribution in [-0.4, -0.2) is 53.4 Å². The molecule has 0 spiro atoms. The van der Waals surface area contributed by atoms with Crippen molar-refractivity contribution in [1.82, 2.24) is 20.2 Å². The number of H-pyrrole nitrogens is 1. The van der Waals surface area contributed by atoms with Crippen LogP contribution >= 0.6 is 0 Å². The molecule has 0 saturated carbocycles. The van der Waals surface area contributed by atoms with E-state index in [2.05, 4.69) is 24.8 Å². The average Bonchev–Trinajstić information content (AvgIpc) is 3.15. The molecule has 8 nitrogen and oxygen atoms in total. The van der Waals surface area contributed by atoms with Crippen LogP contribution in [0.15, 0.2) is 30.6 Å². The number of amides is 2. The van der Waals surface area contributed by atoms with E-state index in [1.54, 1.807) is 6.07 Å². The summed E-state index contributed by atoms with van der Waals surface area (Å²) in [4.78, 5) is 32.5. The van der Waals surface area contributed by atoms with Gasteiger partial charge in [-0.2, -0.15) is 0 Å². The molecule has 0 aliphatic carbocycles. The Balaban J connectivity index is 1.91. The lowest BCUT2D eigenvalue weighted by molar-refractivity contribution is -0.275. The second kappa shape index (κ2) is 8.41. The van der Waals surface area contributed by atoms with E-state index in [1.807, 2.05) is 0 Å². The summed E-state index contributed by atoms with van der Waals surface area (Å²) in [6, 6.07) is 4.21. The number of halogens is 3. The van der Waals surface area contributed by atoms with Crippen molar-refractivity contribution in [2.75, 3.05) is 20.2 Å². The van der Waals surface area contributed by atoms with E-state index in [-0.39, 0.29) is 25.1 Å². The summed E-state index contributed by atoms with van der Waals surface area (Å²) in [5.74, 6) is -0.896. The van der Waals surface area contributed by atoms with Gasteiger partial charge in [0.2, 0.25) is 0 Å². The summed E-state index contributed by atoms with van der Waals surface area (Å²) < 4.78 is 47.3. The number of esters is 1. The van der Waals surface area contributed by atoms with Crippen LogP contribution < -0.4 is 10.1 Å². The predicted molar refractivity (Wildman–Crippen MR) is 94.0 cm³/mol. The highest BCUT2D eigenvalue weighted by Crippen LogP contribution is 2.39. The van der Waals surface area contributed by atoms with Crippen molar-refractivity contribution < 1.29 is 32.2 Å². The smallest absolute Gasteiger partial charge is 0.469 e. The number of imidazole rings is 1. The minimum atomic E-state index is -4.88. The Kier molecular flexibility index (Phi) is 5.95. The normalized spacial score (nSPS) is 16.1. The highest BCUT2D eigenvalue weighted by molar-refractivity contribution is 5.77. The van der Waals surface area contributed by atoms with Crippen LogP contribution in [-0.2, 0) is 16.0 Å². The number of rotatable bonds is 5. The Hall–Kier alpha value is -3.24. The van der Waals surface area contributed by atoms with Crippen LogP contribution in [0.5, 0.6) is 5.75 Å². The van der Waals surface area contributed by atoms with Gasteiger partial charge in [-0.15, -0.1) is 13.2 Å². The molecule has 29 heavy (non-hydrogen) atoms. The van der Waals surface area contributed by atoms with Crippen molar-refractivity contribution in [2.24, 2.45) is 0 Å². The molecule has 0 bridgehead atoms. The van der Waals surface area contributed by atoms with Gasteiger partial charge in [-0.25, -0.2) is 9.78 Å². The topological polar surface area (TPSA) is 96.6 Å². The number of carbonyl (C=O) groups excluding carboxylic acids is 2. The maximum absolute atomic E-state index is 12.9. The maximum atomic E-state index is 12.9. The lowest BCUT2D eigenvalue weighted by atomic mass is 9.95. The molecule has 0 radical (unpaired) electrons. The summed E-state index contributed by atoms with van der Waals surface area (Å²) in [5, 5.41) is 2.59. The molecular formula is C18H19F3N4O4. The second-order valence-electron chi connectivity index (χ2n) is 6.26. The standard InChI is InChI=1S/C18H19F3N4O4/c1-28-14(26)6-8-22-17(27)25-9-7-12-15(24-10-23-12)16(25)11-4-2-3-5-13(11)29-18(19,20)21/h2-5,10,16H,6-9H2,1H3,(H,22,27)(H,23,24). The molecule has 11 heteroatoms. The Morgan fingerprint density at radius 3 is 2.83 bits per heavy atom. The molecule has 2 heterocycles. The number of nitrogens with one attached hydrogen (secondary N) is 2. The van der Waals surface area contributed by atoms with Gasteiger partial charge in [0, 0.05) is 30.8 Å². The Bertz CT molecular complexity index is 884. The van der Waals surface area contributed by atoms with E-state index in [0.29, 0.717) is 12.1 Å². The molecule has 156 valence electrons. The summed E-state index contributed by atoms with van der Waals surface area (Å²) in [6.07, 6.45) is -3.02. The van der Waals surface area contributed by atoms with E-state index >= 15 is 0 Å². The molecule has 0 fully saturated rings. The second-order valence-corrected chi connectivity index (χ2v) is 6.26. The first kappa shape index (κ1) is 20.5. The van der Waals surface area contributed by atoms with Crippen LogP contribution in [0.4, 0.5) is 18.0 Å².